The van der Waals surface area contributed by atoms with Crippen molar-refractivity contribution in [1.82, 2.24) is 4.57 Å². The van der Waals surface area contributed by atoms with Gasteiger partial charge in [-0.3, -0.25) is 14.2 Å². The molecular formula is C21H19NO4. The van der Waals surface area contributed by atoms with Crippen molar-refractivity contribution in [2.45, 2.75) is 19.3 Å². The van der Waals surface area contributed by atoms with Gasteiger partial charge in [-0.2, -0.15) is 0 Å². The summed E-state index contributed by atoms with van der Waals surface area (Å²) in [5.41, 5.74) is 3.29. The molecule has 1 atom stereocenters. The van der Waals surface area contributed by atoms with E-state index in [2.05, 4.69) is 0 Å². The van der Waals surface area contributed by atoms with Gasteiger partial charge in [-0.1, -0.05) is 24.3 Å². The summed E-state index contributed by atoms with van der Waals surface area (Å²) >= 11 is 0. The number of ether oxygens (including phenoxy) is 1. The van der Waals surface area contributed by atoms with E-state index in [4.69, 9.17) is 4.74 Å². The van der Waals surface area contributed by atoms with Crippen molar-refractivity contribution in [2.24, 2.45) is 5.92 Å². The van der Waals surface area contributed by atoms with Gasteiger partial charge in [-0.05, 0) is 49.1 Å². The zero-order valence-corrected chi connectivity index (χ0v) is 14.4. The topological polar surface area (TPSA) is 68.5 Å². The fourth-order valence-corrected chi connectivity index (χ4v) is 3.84. The molecule has 0 aliphatic heterocycles. The van der Waals surface area contributed by atoms with Crippen LogP contribution in [0.2, 0.25) is 0 Å². The summed E-state index contributed by atoms with van der Waals surface area (Å²) in [5.74, 6) is -0.650. The number of aliphatic carboxylic acids is 1. The first-order valence-electron chi connectivity index (χ1n) is 8.63. The number of carboxylic acid groups (broad SMARTS) is 1. The molecule has 0 radical (unpaired) electrons. The Morgan fingerprint density at radius 1 is 1.15 bits per heavy atom. The number of methoxy groups -OCH3 is 1. The van der Waals surface area contributed by atoms with Crippen molar-refractivity contribution >= 4 is 22.8 Å². The van der Waals surface area contributed by atoms with Crippen LogP contribution in [-0.4, -0.2) is 28.7 Å². The van der Waals surface area contributed by atoms with Gasteiger partial charge in [-0.25, -0.2) is 0 Å². The molecule has 0 spiro atoms. The third kappa shape index (κ3) is 2.56. The monoisotopic (exact) mass is 349 g/mol. The van der Waals surface area contributed by atoms with Gasteiger partial charge in [0, 0.05) is 16.6 Å². The number of hydrogen-bond acceptors (Lipinski definition) is 3. The molecule has 3 aromatic rings. The molecule has 4 rings (SSSR count). The van der Waals surface area contributed by atoms with E-state index in [1.807, 2.05) is 24.3 Å². The predicted octanol–water partition coefficient (Wildman–Crippen LogP) is 3.53. The van der Waals surface area contributed by atoms with Gasteiger partial charge in [0.2, 0.25) is 0 Å². The largest absolute Gasteiger partial charge is 0.497 e. The molecule has 1 aliphatic rings. The third-order valence-corrected chi connectivity index (χ3v) is 5.14. The molecule has 1 unspecified atom stereocenters. The Hall–Kier alpha value is -3.08. The number of benzene rings is 2. The maximum atomic E-state index is 13.3. The smallest absolute Gasteiger partial charge is 0.306 e. The van der Waals surface area contributed by atoms with E-state index >= 15 is 0 Å². The number of rotatable bonds is 3. The van der Waals surface area contributed by atoms with Crippen LogP contribution in [0.4, 0.5) is 0 Å². The number of nitrogens with zero attached hydrogens (tertiary/aromatic N) is 1. The Morgan fingerprint density at radius 2 is 1.96 bits per heavy atom. The van der Waals surface area contributed by atoms with Crippen LogP contribution in [0.5, 0.6) is 5.75 Å². The molecule has 1 N–H and O–H groups in total. The van der Waals surface area contributed by atoms with Crippen LogP contribution in [0.1, 0.15) is 28.0 Å². The second-order valence-electron chi connectivity index (χ2n) is 6.59. The molecule has 0 fully saturated rings. The third-order valence-electron chi connectivity index (χ3n) is 5.14. The predicted molar refractivity (Wildman–Crippen MR) is 97.8 cm³/mol. The van der Waals surface area contributed by atoms with Crippen molar-refractivity contribution in [3.63, 3.8) is 0 Å². The van der Waals surface area contributed by atoms with Crippen molar-refractivity contribution in [3.05, 3.63) is 65.4 Å². The van der Waals surface area contributed by atoms with E-state index in [-0.39, 0.29) is 5.91 Å². The molecule has 2 aromatic carbocycles. The van der Waals surface area contributed by atoms with Gasteiger partial charge in [-0.15, -0.1) is 0 Å². The molecule has 1 aromatic heterocycles. The van der Waals surface area contributed by atoms with Crippen molar-refractivity contribution in [3.8, 4) is 5.75 Å². The molecule has 0 bridgehead atoms. The molecule has 1 aliphatic carbocycles. The van der Waals surface area contributed by atoms with Crippen molar-refractivity contribution in [2.75, 3.05) is 7.11 Å². The molecule has 0 saturated carbocycles. The minimum atomic E-state index is -0.772. The standard InChI is InChI=1S/C21H19NO4/c1-26-15-6-4-5-13(11-15)20(23)22-18-8-3-2-7-16(18)17-12-14(21(24)25)9-10-19(17)22/h2-8,11,14H,9-10,12H2,1H3,(H,24,25). The Balaban J connectivity index is 1.88. The van der Waals surface area contributed by atoms with Crippen LogP contribution >= 0.6 is 0 Å². The second kappa shape index (κ2) is 6.33. The van der Waals surface area contributed by atoms with Crippen LogP contribution in [-0.2, 0) is 17.6 Å². The lowest BCUT2D eigenvalue weighted by molar-refractivity contribution is -0.142. The Labute approximate surface area is 150 Å². The summed E-state index contributed by atoms with van der Waals surface area (Å²) in [6, 6.07) is 14.8. The molecule has 5 heteroatoms. The van der Waals surface area contributed by atoms with Gasteiger partial charge in [0.05, 0.1) is 18.5 Å². The molecular weight excluding hydrogens is 330 g/mol. The van der Waals surface area contributed by atoms with E-state index < -0.39 is 11.9 Å². The van der Waals surface area contributed by atoms with Crippen LogP contribution in [0.3, 0.4) is 0 Å². The maximum absolute atomic E-state index is 13.3. The highest BCUT2D eigenvalue weighted by molar-refractivity contribution is 6.04. The second-order valence-corrected chi connectivity index (χ2v) is 6.59. The number of hydrogen-bond donors (Lipinski definition) is 1. The first-order valence-corrected chi connectivity index (χ1v) is 8.63. The highest BCUT2D eigenvalue weighted by Gasteiger charge is 2.31. The zero-order valence-electron chi connectivity index (χ0n) is 14.4. The van der Waals surface area contributed by atoms with Gasteiger partial charge in [0.25, 0.3) is 5.91 Å². The van der Waals surface area contributed by atoms with E-state index in [1.54, 1.807) is 35.9 Å². The number of carbonyl (C=O) groups excluding carboxylic acids is 1. The van der Waals surface area contributed by atoms with Crippen LogP contribution in [0, 0.1) is 5.92 Å². The molecule has 132 valence electrons. The molecule has 26 heavy (non-hydrogen) atoms. The first kappa shape index (κ1) is 16.4. The Morgan fingerprint density at radius 3 is 2.73 bits per heavy atom. The highest BCUT2D eigenvalue weighted by Crippen LogP contribution is 2.35. The fourth-order valence-electron chi connectivity index (χ4n) is 3.84. The number of carboxylic acids is 1. The van der Waals surface area contributed by atoms with E-state index in [9.17, 15) is 14.7 Å². The summed E-state index contributed by atoms with van der Waals surface area (Å²) in [6.07, 6.45) is 1.59. The van der Waals surface area contributed by atoms with E-state index in [0.29, 0.717) is 30.6 Å². The van der Waals surface area contributed by atoms with E-state index in [1.165, 1.54) is 0 Å². The number of carbonyl (C=O) groups is 2. The lowest BCUT2D eigenvalue weighted by Gasteiger charge is -2.20. The summed E-state index contributed by atoms with van der Waals surface area (Å²) in [4.78, 5) is 24.7. The van der Waals surface area contributed by atoms with Crippen LogP contribution < -0.4 is 4.74 Å². The average molecular weight is 349 g/mol. The molecule has 0 amide bonds. The quantitative estimate of drug-likeness (QED) is 0.785. The number of aromatic nitrogens is 1. The molecule has 0 saturated heterocycles. The van der Waals surface area contributed by atoms with Gasteiger partial charge in [0.1, 0.15) is 5.75 Å². The summed E-state index contributed by atoms with van der Waals surface area (Å²) in [7, 11) is 1.57. The number of fused-ring (bicyclic) bond motifs is 3. The van der Waals surface area contributed by atoms with E-state index in [0.717, 1.165) is 22.2 Å². The fraction of sp³-hybridized carbons (Fsp3) is 0.238. The van der Waals surface area contributed by atoms with Gasteiger partial charge in [0.15, 0.2) is 0 Å². The summed E-state index contributed by atoms with van der Waals surface area (Å²) < 4.78 is 6.98. The normalized spacial score (nSPS) is 16.3. The van der Waals surface area contributed by atoms with Crippen LogP contribution in [0.25, 0.3) is 10.9 Å². The van der Waals surface area contributed by atoms with Crippen LogP contribution in [0.15, 0.2) is 48.5 Å². The Kier molecular flexibility index (Phi) is 3.99. The number of para-hydroxylation sites is 1. The summed E-state index contributed by atoms with van der Waals surface area (Å²) in [6.45, 7) is 0. The lowest BCUT2D eigenvalue weighted by Crippen LogP contribution is -2.24. The maximum Gasteiger partial charge on any atom is 0.306 e. The Bertz CT molecular complexity index is 1020. The minimum Gasteiger partial charge on any atom is -0.497 e. The summed E-state index contributed by atoms with van der Waals surface area (Å²) in [5, 5.41) is 10.4. The minimum absolute atomic E-state index is 0.116. The van der Waals surface area contributed by atoms with Crippen molar-refractivity contribution < 1.29 is 19.4 Å². The zero-order chi connectivity index (χ0) is 18.3. The highest BCUT2D eigenvalue weighted by atomic mass is 16.5. The molecule has 1 heterocycles. The van der Waals surface area contributed by atoms with Gasteiger partial charge < -0.3 is 9.84 Å². The van der Waals surface area contributed by atoms with Gasteiger partial charge >= 0.3 is 5.97 Å². The lowest BCUT2D eigenvalue weighted by atomic mass is 9.86. The first-order chi connectivity index (χ1) is 12.6. The SMILES string of the molecule is COc1cccc(C(=O)n2c3c(c4ccccc42)CC(C(=O)O)CC3)c1. The average Bonchev–Trinajstić information content (AvgIpc) is 3.01. The van der Waals surface area contributed by atoms with Crippen molar-refractivity contribution in [1.29, 1.82) is 0 Å². The molecule has 5 nitrogen and oxygen atoms in total.